The van der Waals surface area contributed by atoms with Crippen molar-refractivity contribution in [3.63, 3.8) is 0 Å². The fourth-order valence-electron chi connectivity index (χ4n) is 0.860. The molecule has 0 saturated carbocycles. The molecule has 2 amide bonds. The molecular weight excluding hydrogens is 198 g/mol. The van der Waals surface area contributed by atoms with Crippen molar-refractivity contribution in [3.05, 3.63) is 0 Å². The van der Waals surface area contributed by atoms with Gasteiger partial charge in [-0.15, -0.1) is 0 Å². The van der Waals surface area contributed by atoms with Gasteiger partial charge in [-0.25, -0.2) is 0 Å². The molecule has 0 aliphatic heterocycles. The monoisotopic (exact) mass is 213 g/mol. The van der Waals surface area contributed by atoms with E-state index in [0.29, 0.717) is 19.5 Å². The van der Waals surface area contributed by atoms with E-state index in [0.717, 1.165) is 0 Å². The van der Waals surface area contributed by atoms with Gasteiger partial charge < -0.3 is 15.4 Å². The lowest BCUT2D eigenvalue weighted by Crippen LogP contribution is -2.31. The van der Waals surface area contributed by atoms with Crippen molar-refractivity contribution in [2.75, 3.05) is 26.8 Å². The molecule has 0 aliphatic rings. The molecule has 0 heterocycles. The van der Waals surface area contributed by atoms with Gasteiger partial charge in [0, 0.05) is 20.2 Å². The van der Waals surface area contributed by atoms with Gasteiger partial charge in [0.15, 0.2) is 0 Å². The van der Waals surface area contributed by atoms with E-state index >= 15 is 0 Å². The molecule has 0 saturated heterocycles. The van der Waals surface area contributed by atoms with Crippen molar-refractivity contribution < 1.29 is 14.3 Å². The van der Waals surface area contributed by atoms with Gasteiger partial charge >= 0.3 is 0 Å². The molecule has 0 aliphatic carbocycles. The summed E-state index contributed by atoms with van der Waals surface area (Å²) in [6.45, 7) is 0.976. The summed E-state index contributed by atoms with van der Waals surface area (Å²) in [7, 11) is 1.45. The molecule has 0 rings (SSSR count). The smallest absolute Gasteiger partial charge is 0.245 e. The Morgan fingerprint density at radius 1 is 1.27 bits per heavy atom. The first-order chi connectivity index (χ1) is 7.20. The average molecular weight is 213 g/mol. The van der Waals surface area contributed by atoms with Crippen LogP contribution in [0.4, 0.5) is 0 Å². The van der Waals surface area contributed by atoms with Gasteiger partial charge in [-0.2, -0.15) is 5.26 Å². The Bertz CT molecular complexity index is 247. The molecule has 0 atom stereocenters. The fourth-order valence-corrected chi connectivity index (χ4v) is 0.860. The summed E-state index contributed by atoms with van der Waals surface area (Å²) in [5.41, 5.74) is 0. The number of rotatable bonds is 7. The van der Waals surface area contributed by atoms with Gasteiger partial charge in [0.1, 0.15) is 13.0 Å². The lowest BCUT2D eigenvalue weighted by molar-refractivity contribution is -0.124. The normalized spacial score (nSPS) is 9.07. The van der Waals surface area contributed by atoms with E-state index in [-0.39, 0.29) is 24.8 Å². The Balaban J connectivity index is 3.29. The predicted molar refractivity (Wildman–Crippen MR) is 52.7 cm³/mol. The minimum absolute atomic E-state index is 0.0425. The Hall–Kier alpha value is -1.61. The van der Waals surface area contributed by atoms with Crippen LogP contribution in [0.3, 0.4) is 0 Å². The number of carbonyl (C=O) groups is 2. The first kappa shape index (κ1) is 13.4. The third-order valence-corrected chi connectivity index (χ3v) is 1.51. The zero-order valence-corrected chi connectivity index (χ0v) is 8.71. The summed E-state index contributed by atoms with van der Waals surface area (Å²) in [6, 6.07) is 1.75. The summed E-state index contributed by atoms with van der Waals surface area (Å²) < 4.78 is 4.61. The standard InChI is InChI=1S/C9H15N3O3/c1-15-7-9(14)12-6-2-5-11-8(13)3-4-10/h2-3,5-7H2,1H3,(H,11,13)(H,12,14). The van der Waals surface area contributed by atoms with Crippen LogP contribution in [0.2, 0.25) is 0 Å². The lowest BCUT2D eigenvalue weighted by Gasteiger charge is -2.04. The number of ether oxygens (including phenoxy) is 1. The Kier molecular flexibility index (Phi) is 8.00. The number of carbonyl (C=O) groups excluding carboxylic acids is 2. The van der Waals surface area contributed by atoms with Gasteiger partial charge in [0.05, 0.1) is 6.07 Å². The number of amides is 2. The summed E-state index contributed by atoms with van der Waals surface area (Å²) >= 11 is 0. The van der Waals surface area contributed by atoms with Crippen LogP contribution in [0, 0.1) is 11.3 Å². The van der Waals surface area contributed by atoms with Crippen LogP contribution in [0.15, 0.2) is 0 Å². The largest absolute Gasteiger partial charge is 0.375 e. The van der Waals surface area contributed by atoms with E-state index < -0.39 is 0 Å². The minimum Gasteiger partial charge on any atom is -0.375 e. The molecule has 0 fully saturated rings. The second-order valence-corrected chi connectivity index (χ2v) is 2.82. The molecular formula is C9H15N3O3. The highest BCUT2D eigenvalue weighted by Crippen LogP contribution is 1.78. The number of nitrogens with one attached hydrogen (secondary N) is 2. The highest BCUT2D eigenvalue weighted by Gasteiger charge is 2.00. The van der Waals surface area contributed by atoms with Crippen molar-refractivity contribution in [2.45, 2.75) is 12.8 Å². The maximum atomic E-state index is 10.9. The van der Waals surface area contributed by atoms with Crippen LogP contribution >= 0.6 is 0 Å². The first-order valence-electron chi connectivity index (χ1n) is 4.60. The van der Waals surface area contributed by atoms with E-state index in [4.69, 9.17) is 5.26 Å². The molecule has 15 heavy (non-hydrogen) atoms. The molecule has 0 spiro atoms. The van der Waals surface area contributed by atoms with Crippen LogP contribution < -0.4 is 10.6 Å². The molecule has 0 bridgehead atoms. The van der Waals surface area contributed by atoms with Gasteiger partial charge in [-0.05, 0) is 6.42 Å². The van der Waals surface area contributed by atoms with Crippen LogP contribution in [-0.2, 0) is 14.3 Å². The zero-order chi connectivity index (χ0) is 11.5. The average Bonchev–Trinajstić information content (AvgIpc) is 2.18. The molecule has 0 aromatic rings. The molecule has 0 radical (unpaired) electrons. The van der Waals surface area contributed by atoms with E-state index in [1.165, 1.54) is 7.11 Å². The quantitative estimate of drug-likeness (QED) is 0.540. The molecule has 84 valence electrons. The zero-order valence-electron chi connectivity index (χ0n) is 8.71. The predicted octanol–water partition coefficient (Wildman–Crippen LogP) is -0.831. The van der Waals surface area contributed by atoms with E-state index in [1.54, 1.807) is 6.07 Å². The van der Waals surface area contributed by atoms with Crippen LogP contribution in [0.5, 0.6) is 0 Å². The highest BCUT2D eigenvalue weighted by molar-refractivity contribution is 5.78. The topological polar surface area (TPSA) is 91.2 Å². The van der Waals surface area contributed by atoms with Crippen molar-refractivity contribution in [1.82, 2.24) is 10.6 Å². The van der Waals surface area contributed by atoms with E-state index in [1.807, 2.05) is 0 Å². The summed E-state index contributed by atoms with van der Waals surface area (Å²) in [6.07, 6.45) is 0.503. The molecule has 0 aromatic heterocycles. The van der Waals surface area contributed by atoms with Gasteiger partial charge in [0.2, 0.25) is 11.8 Å². The van der Waals surface area contributed by atoms with E-state index in [9.17, 15) is 9.59 Å². The van der Waals surface area contributed by atoms with Crippen molar-refractivity contribution in [3.8, 4) is 6.07 Å². The Morgan fingerprint density at radius 3 is 2.40 bits per heavy atom. The van der Waals surface area contributed by atoms with Crippen LogP contribution in [-0.4, -0.2) is 38.6 Å². The number of hydrogen-bond acceptors (Lipinski definition) is 4. The van der Waals surface area contributed by atoms with Gasteiger partial charge in [-0.3, -0.25) is 9.59 Å². The molecule has 6 heteroatoms. The minimum atomic E-state index is -0.291. The summed E-state index contributed by atoms with van der Waals surface area (Å²) in [5.74, 6) is -0.471. The number of nitrogens with zero attached hydrogens (tertiary/aromatic N) is 1. The molecule has 0 aromatic carbocycles. The molecule has 6 nitrogen and oxygen atoms in total. The van der Waals surface area contributed by atoms with Gasteiger partial charge in [-0.1, -0.05) is 0 Å². The molecule has 0 unspecified atom stereocenters. The second-order valence-electron chi connectivity index (χ2n) is 2.82. The summed E-state index contributed by atoms with van der Waals surface area (Å²) in [5, 5.41) is 13.3. The Labute approximate surface area is 88.6 Å². The molecule has 2 N–H and O–H groups in total. The van der Waals surface area contributed by atoms with Crippen molar-refractivity contribution in [2.24, 2.45) is 0 Å². The number of hydrogen-bond donors (Lipinski definition) is 2. The van der Waals surface area contributed by atoms with Crippen molar-refractivity contribution in [1.29, 1.82) is 5.26 Å². The summed E-state index contributed by atoms with van der Waals surface area (Å²) in [4.78, 5) is 21.7. The third-order valence-electron chi connectivity index (χ3n) is 1.51. The van der Waals surface area contributed by atoms with Crippen molar-refractivity contribution >= 4 is 11.8 Å². The lowest BCUT2D eigenvalue weighted by atomic mass is 10.4. The van der Waals surface area contributed by atoms with Crippen LogP contribution in [0.25, 0.3) is 0 Å². The number of methoxy groups -OCH3 is 1. The maximum Gasteiger partial charge on any atom is 0.245 e. The number of nitriles is 1. The Morgan fingerprint density at radius 2 is 1.87 bits per heavy atom. The highest BCUT2D eigenvalue weighted by atomic mass is 16.5. The third kappa shape index (κ3) is 8.71. The maximum absolute atomic E-state index is 10.9. The van der Waals surface area contributed by atoms with Gasteiger partial charge in [0.25, 0.3) is 0 Å². The van der Waals surface area contributed by atoms with E-state index in [2.05, 4.69) is 15.4 Å². The fraction of sp³-hybridized carbons (Fsp3) is 0.667. The first-order valence-corrected chi connectivity index (χ1v) is 4.60. The van der Waals surface area contributed by atoms with Crippen LogP contribution in [0.1, 0.15) is 12.8 Å². The second kappa shape index (κ2) is 8.97. The SMILES string of the molecule is COCC(=O)NCCCNC(=O)CC#N.